The van der Waals surface area contributed by atoms with E-state index in [-0.39, 0.29) is 12.4 Å². The summed E-state index contributed by atoms with van der Waals surface area (Å²) >= 11 is 0. The zero-order valence-electron chi connectivity index (χ0n) is 11.0. The highest BCUT2D eigenvalue weighted by Gasteiger charge is 2.21. The van der Waals surface area contributed by atoms with Gasteiger partial charge in [0.1, 0.15) is 0 Å². The quantitative estimate of drug-likeness (QED) is 0.892. The van der Waals surface area contributed by atoms with Crippen molar-refractivity contribution in [1.82, 2.24) is 10.2 Å². The highest BCUT2D eigenvalue weighted by Crippen LogP contribution is 2.18. The largest absolute Gasteiger partial charge is 0.316 e. The maximum Gasteiger partial charge on any atom is 0.0239 e. The fourth-order valence-electron chi connectivity index (χ4n) is 2.53. The Bertz CT molecular complexity index is 345. The molecule has 1 N–H and O–H groups in total. The third kappa shape index (κ3) is 3.44. The van der Waals surface area contributed by atoms with E-state index in [1.165, 1.54) is 36.2 Å². The lowest BCUT2D eigenvalue weighted by Crippen LogP contribution is -2.29. The van der Waals surface area contributed by atoms with Crippen molar-refractivity contribution in [3.63, 3.8) is 0 Å². The van der Waals surface area contributed by atoms with E-state index in [2.05, 4.69) is 49.3 Å². The Morgan fingerprint density at radius 2 is 1.94 bits per heavy atom. The van der Waals surface area contributed by atoms with Gasteiger partial charge in [-0.25, -0.2) is 0 Å². The number of likely N-dealkylation sites (tertiary alicyclic amines) is 1. The Morgan fingerprint density at radius 1 is 1.29 bits per heavy atom. The summed E-state index contributed by atoms with van der Waals surface area (Å²) in [5.74, 6) is 0. The molecule has 1 atom stereocenters. The number of rotatable bonds is 3. The molecule has 1 fully saturated rings. The van der Waals surface area contributed by atoms with Crippen LogP contribution in [0.15, 0.2) is 18.2 Å². The smallest absolute Gasteiger partial charge is 0.0239 e. The van der Waals surface area contributed by atoms with Gasteiger partial charge in [0.25, 0.3) is 0 Å². The first-order chi connectivity index (χ1) is 7.70. The van der Waals surface area contributed by atoms with E-state index in [4.69, 9.17) is 0 Å². The molecule has 1 aromatic rings. The molecule has 0 amide bonds. The van der Waals surface area contributed by atoms with Gasteiger partial charge in [0.15, 0.2) is 0 Å². The van der Waals surface area contributed by atoms with Crippen LogP contribution in [0.25, 0.3) is 0 Å². The van der Waals surface area contributed by atoms with Crippen molar-refractivity contribution in [2.24, 2.45) is 0 Å². The van der Waals surface area contributed by atoms with Gasteiger partial charge >= 0.3 is 0 Å². The number of hydrogen-bond acceptors (Lipinski definition) is 2. The van der Waals surface area contributed by atoms with E-state index < -0.39 is 0 Å². The minimum atomic E-state index is 0. The average molecular weight is 255 g/mol. The van der Waals surface area contributed by atoms with Crippen molar-refractivity contribution < 1.29 is 0 Å². The Morgan fingerprint density at radius 3 is 2.47 bits per heavy atom. The number of aryl methyl sites for hydroxylation is 2. The minimum Gasteiger partial charge on any atom is -0.316 e. The molecule has 2 rings (SSSR count). The van der Waals surface area contributed by atoms with Crippen LogP contribution in [0.3, 0.4) is 0 Å². The van der Waals surface area contributed by atoms with Crippen molar-refractivity contribution in [3.8, 4) is 0 Å². The summed E-state index contributed by atoms with van der Waals surface area (Å²) in [6.45, 7) is 7.95. The molecule has 0 bridgehead atoms. The molecule has 0 aliphatic carbocycles. The topological polar surface area (TPSA) is 15.3 Å². The van der Waals surface area contributed by atoms with Crippen LogP contribution in [0, 0.1) is 13.8 Å². The van der Waals surface area contributed by atoms with Crippen molar-refractivity contribution in [1.29, 1.82) is 0 Å². The van der Waals surface area contributed by atoms with Gasteiger partial charge in [-0.05, 0) is 44.0 Å². The Labute approximate surface area is 111 Å². The lowest BCUT2D eigenvalue weighted by Gasteiger charge is -2.19. The fraction of sp³-hybridized carbons (Fsp3) is 0.571. The van der Waals surface area contributed by atoms with E-state index in [0.29, 0.717) is 6.04 Å². The molecule has 3 heteroatoms. The van der Waals surface area contributed by atoms with Gasteiger partial charge in [-0.1, -0.05) is 18.2 Å². The summed E-state index contributed by atoms with van der Waals surface area (Å²) in [7, 11) is 2.06. The molecular formula is C14H23ClN2. The molecule has 17 heavy (non-hydrogen) atoms. The van der Waals surface area contributed by atoms with Crippen LogP contribution in [-0.2, 0) is 6.54 Å². The first-order valence-electron chi connectivity index (χ1n) is 6.15. The summed E-state index contributed by atoms with van der Waals surface area (Å²) in [6.07, 6.45) is 1.28. The minimum absolute atomic E-state index is 0. The average Bonchev–Trinajstić information content (AvgIpc) is 2.71. The fourth-order valence-corrected chi connectivity index (χ4v) is 2.53. The molecule has 0 aromatic heterocycles. The van der Waals surface area contributed by atoms with Gasteiger partial charge < -0.3 is 5.32 Å². The highest BCUT2D eigenvalue weighted by atomic mass is 35.5. The van der Waals surface area contributed by atoms with Gasteiger partial charge in [0, 0.05) is 25.7 Å². The highest BCUT2D eigenvalue weighted by molar-refractivity contribution is 5.85. The van der Waals surface area contributed by atoms with Gasteiger partial charge in [-0.3, -0.25) is 4.90 Å². The van der Waals surface area contributed by atoms with Gasteiger partial charge in [-0.2, -0.15) is 0 Å². The molecule has 1 aliphatic heterocycles. The normalized spacial score (nSPS) is 20.3. The third-order valence-corrected chi connectivity index (χ3v) is 3.71. The van der Waals surface area contributed by atoms with Crippen LogP contribution >= 0.6 is 12.4 Å². The molecule has 0 radical (unpaired) electrons. The van der Waals surface area contributed by atoms with Crippen LogP contribution in [0.2, 0.25) is 0 Å². The van der Waals surface area contributed by atoms with Crippen molar-refractivity contribution in [2.45, 2.75) is 32.9 Å². The number of benzene rings is 1. The Hall–Kier alpha value is -0.570. The first-order valence-corrected chi connectivity index (χ1v) is 6.15. The molecule has 1 unspecified atom stereocenters. The molecule has 96 valence electrons. The molecule has 0 spiro atoms. The summed E-state index contributed by atoms with van der Waals surface area (Å²) in [4.78, 5) is 2.55. The maximum absolute atomic E-state index is 3.37. The standard InChI is InChI=1S/C14H22N2.ClH/c1-11-5-4-6-12(2)14(11)10-16-8-7-13(9-16)15-3;/h4-6,13,15H,7-10H2,1-3H3;1H. The second-order valence-electron chi connectivity index (χ2n) is 4.88. The predicted molar refractivity (Wildman–Crippen MR) is 75.9 cm³/mol. The summed E-state index contributed by atoms with van der Waals surface area (Å²) < 4.78 is 0. The van der Waals surface area contributed by atoms with Crippen LogP contribution in [0.1, 0.15) is 23.1 Å². The lowest BCUT2D eigenvalue weighted by atomic mass is 10.0. The molecule has 1 aliphatic rings. The Balaban J connectivity index is 0.00000144. The maximum atomic E-state index is 3.37. The molecule has 2 nitrogen and oxygen atoms in total. The second kappa shape index (κ2) is 6.39. The van der Waals surface area contributed by atoms with Gasteiger partial charge in [-0.15, -0.1) is 12.4 Å². The molecule has 1 saturated heterocycles. The number of hydrogen-bond donors (Lipinski definition) is 1. The van der Waals surface area contributed by atoms with Crippen LogP contribution < -0.4 is 5.32 Å². The number of nitrogens with zero attached hydrogens (tertiary/aromatic N) is 1. The molecule has 0 saturated carbocycles. The second-order valence-corrected chi connectivity index (χ2v) is 4.88. The van der Waals surface area contributed by atoms with Gasteiger partial charge in [0.05, 0.1) is 0 Å². The van der Waals surface area contributed by atoms with E-state index in [1.807, 2.05) is 0 Å². The molecular weight excluding hydrogens is 232 g/mol. The first kappa shape index (κ1) is 14.5. The van der Waals surface area contributed by atoms with E-state index in [0.717, 1.165) is 6.54 Å². The number of likely N-dealkylation sites (N-methyl/N-ethyl adjacent to an activating group) is 1. The summed E-state index contributed by atoms with van der Waals surface area (Å²) in [6, 6.07) is 7.26. The number of halogens is 1. The van der Waals surface area contributed by atoms with E-state index in [1.54, 1.807) is 0 Å². The van der Waals surface area contributed by atoms with Crippen molar-refractivity contribution >= 4 is 12.4 Å². The summed E-state index contributed by atoms with van der Waals surface area (Å²) in [5, 5.41) is 3.37. The number of nitrogens with one attached hydrogen (secondary N) is 1. The zero-order chi connectivity index (χ0) is 11.5. The molecule has 1 aromatic carbocycles. The van der Waals surface area contributed by atoms with E-state index >= 15 is 0 Å². The van der Waals surface area contributed by atoms with Crippen molar-refractivity contribution in [2.75, 3.05) is 20.1 Å². The summed E-state index contributed by atoms with van der Waals surface area (Å²) in [5.41, 5.74) is 4.36. The molecule has 1 heterocycles. The van der Waals surface area contributed by atoms with E-state index in [9.17, 15) is 0 Å². The SMILES string of the molecule is CNC1CCN(Cc2c(C)cccc2C)C1.Cl. The predicted octanol–water partition coefficient (Wildman–Crippen LogP) is 2.52. The van der Waals surface area contributed by atoms with Crippen LogP contribution in [-0.4, -0.2) is 31.1 Å². The van der Waals surface area contributed by atoms with Crippen LogP contribution in [0.5, 0.6) is 0 Å². The monoisotopic (exact) mass is 254 g/mol. The lowest BCUT2D eigenvalue weighted by molar-refractivity contribution is 0.321. The van der Waals surface area contributed by atoms with Crippen LogP contribution in [0.4, 0.5) is 0 Å². The zero-order valence-corrected chi connectivity index (χ0v) is 11.8. The Kier molecular flexibility index (Phi) is 5.44. The third-order valence-electron chi connectivity index (χ3n) is 3.71. The van der Waals surface area contributed by atoms with Gasteiger partial charge in [0.2, 0.25) is 0 Å². The van der Waals surface area contributed by atoms with Crippen molar-refractivity contribution in [3.05, 3.63) is 34.9 Å².